The third-order valence-electron chi connectivity index (χ3n) is 3.28. The van der Waals surface area contributed by atoms with Gasteiger partial charge >= 0.3 is 17.8 Å². The molecule has 0 aliphatic heterocycles. The molecule has 0 radical (unpaired) electrons. The number of hydrogen-bond donors (Lipinski definition) is 2. The fourth-order valence-electron chi connectivity index (χ4n) is 1.98. The highest BCUT2D eigenvalue weighted by Crippen LogP contribution is 2.14. The highest BCUT2D eigenvalue weighted by atomic mass is 16.5. The molecule has 2 rings (SSSR count). The molecule has 8 nitrogen and oxygen atoms in total. The number of para-hydroxylation sites is 1. The fraction of sp³-hybridized carbons (Fsp3) is 0.111. The Labute approximate surface area is 149 Å². The zero-order valence-electron chi connectivity index (χ0n) is 14.2. The number of anilines is 1. The Morgan fingerprint density at radius 2 is 1.65 bits per heavy atom. The second-order valence-corrected chi connectivity index (χ2v) is 4.96. The van der Waals surface area contributed by atoms with Crippen LogP contribution in [0.25, 0.3) is 0 Å². The highest BCUT2D eigenvalue weighted by Gasteiger charge is 2.13. The maximum atomic E-state index is 11.8. The maximum Gasteiger partial charge on any atom is 0.337 e. The lowest BCUT2D eigenvalue weighted by atomic mass is 10.2. The maximum absolute atomic E-state index is 11.8. The summed E-state index contributed by atoms with van der Waals surface area (Å²) < 4.78 is 9.73. The van der Waals surface area contributed by atoms with Crippen LogP contribution in [0.5, 0.6) is 5.75 Å². The van der Waals surface area contributed by atoms with E-state index in [1.165, 1.54) is 44.7 Å². The Bertz CT molecular complexity index is 831. The number of hydrazone groups is 1. The van der Waals surface area contributed by atoms with Crippen molar-refractivity contribution in [1.82, 2.24) is 5.43 Å². The molecular formula is C18H17N3O5. The summed E-state index contributed by atoms with van der Waals surface area (Å²) in [5, 5.41) is 6.13. The Balaban J connectivity index is 1.92. The molecule has 0 atom stereocenters. The fourth-order valence-corrected chi connectivity index (χ4v) is 1.98. The van der Waals surface area contributed by atoms with Gasteiger partial charge < -0.3 is 14.8 Å². The van der Waals surface area contributed by atoms with Crippen molar-refractivity contribution in [2.24, 2.45) is 5.10 Å². The van der Waals surface area contributed by atoms with E-state index in [9.17, 15) is 14.4 Å². The van der Waals surface area contributed by atoms with Gasteiger partial charge in [0.1, 0.15) is 5.75 Å². The molecule has 0 saturated carbocycles. The van der Waals surface area contributed by atoms with Crippen LogP contribution in [0.1, 0.15) is 15.9 Å². The van der Waals surface area contributed by atoms with Crippen LogP contribution in [-0.4, -0.2) is 38.2 Å². The summed E-state index contributed by atoms with van der Waals surface area (Å²) in [6.07, 6.45) is 1.37. The molecular weight excluding hydrogens is 338 g/mol. The van der Waals surface area contributed by atoms with Gasteiger partial charge in [-0.3, -0.25) is 9.59 Å². The van der Waals surface area contributed by atoms with Gasteiger partial charge in [-0.1, -0.05) is 12.1 Å². The van der Waals surface area contributed by atoms with E-state index < -0.39 is 17.8 Å². The molecule has 0 saturated heterocycles. The number of nitrogens with one attached hydrogen (secondary N) is 2. The molecule has 134 valence electrons. The average Bonchev–Trinajstić information content (AvgIpc) is 2.68. The lowest BCUT2D eigenvalue weighted by Gasteiger charge is -2.05. The molecule has 0 aliphatic rings. The normalized spacial score (nSPS) is 10.2. The van der Waals surface area contributed by atoms with Gasteiger partial charge in [-0.25, -0.2) is 10.2 Å². The van der Waals surface area contributed by atoms with Crippen LogP contribution >= 0.6 is 0 Å². The molecule has 26 heavy (non-hydrogen) atoms. The van der Waals surface area contributed by atoms with Crippen LogP contribution in [0.15, 0.2) is 53.6 Å². The molecule has 2 amide bonds. The van der Waals surface area contributed by atoms with Gasteiger partial charge in [0.05, 0.1) is 26.0 Å². The quantitative estimate of drug-likeness (QED) is 0.366. The van der Waals surface area contributed by atoms with Crippen molar-refractivity contribution in [3.8, 4) is 5.75 Å². The van der Waals surface area contributed by atoms with Crippen LogP contribution < -0.4 is 15.5 Å². The van der Waals surface area contributed by atoms with Gasteiger partial charge in [-0.2, -0.15) is 5.10 Å². The second-order valence-electron chi connectivity index (χ2n) is 4.96. The Morgan fingerprint density at radius 3 is 2.31 bits per heavy atom. The monoisotopic (exact) mass is 355 g/mol. The van der Waals surface area contributed by atoms with Gasteiger partial charge in [-0.15, -0.1) is 0 Å². The first-order chi connectivity index (χ1) is 12.5. The molecule has 0 aromatic heterocycles. The third kappa shape index (κ3) is 4.91. The third-order valence-corrected chi connectivity index (χ3v) is 3.28. The van der Waals surface area contributed by atoms with Crippen molar-refractivity contribution in [1.29, 1.82) is 0 Å². The number of benzene rings is 2. The number of carbonyl (C=O) groups is 3. The summed E-state index contributed by atoms with van der Waals surface area (Å²) in [5.74, 6) is -1.74. The molecule has 0 heterocycles. The molecule has 2 aromatic carbocycles. The highest BCUT2D eigenvalue weighted by molar-refractivity contribution is 6.39. The van der Waals surface area contributed by atoms with Crippen LogP contribution in [0.3, 0.4) is 0 Å². The van der Waals surface area contributed by atoms with E-state index in [0.29, 0.717) is 22.6 Å². The lowest BCUT2D eigenvalue weighted by Crippen LogP contribution is -2.32. The molecule has 8 heteroatoms. The zero-order valence-corrected chi connectivity index (χ0v) is 14.2. The van der Waals surface area contributed by atoms with Crippen LogP contribution in [0.4, 0.5) is 5.69 Å². The predicted octanol–water partition coefficient (Wildman–Crippen LogP) is 1.57. The first kappa shape index (κ1) is 18.7. The zero-order chi connectivity index (χ0) is 18.9. The molecule has 2 N–H and O–H groups in total. The first-order valence-electron chi connectivity index (χ1n) is 7.51. The summed E-state index contributed by atoms with van der Waals surface area (Å²) in [6, 6.07) is 13.0. The van der Waals surface area contributed by atoms with E-state index >= 15 is 0 Å². The van der Waals surface area contributed by atoms with Crippen LogP contribution in [0.2, 0.25) is 0 Å². The second kappa shape index (κ2) is 8.97. The van der Waals surface area contributed by atoms with E-state index in [1.807, 2.05) is 0 Å². The summed E-state index contributed by atoms with van der Waals surface area (Å²) >= 11 is 0. The van der Waals surface area contributed by atoms with Crippen molar-refractivity contribution in [2.45, 2.75) is 0 Å². The summed E-state index contributed by atoms with van der Waals surface area (Å²) in [4.78, 5) is 34.9. The van der Waals surface area contributed by atoms with E-state index in [-0.39, 0.29) is 0 Å². The Kier molecular flexibility index (Phi) is 6.44. The molecule has 0 fully saturated rings. The molecule has 2 aromatic rings. The van der Waals surface area contributed by atoms with Gasteiger partial charge in [0.15, 0.2) is 0 Å². The van der Waals surface area contributed by atoms with E-state index in [1.54, 1.807) is 24.3 Å². The van der Waals surface area contributed by atoms with E-state index in [2.05, 4.69) is 20.6 Å². The van der Waals surface area contributed by atoms with Crippen LogP contribution in [0, 0.1) is 0 Å². The SMILES string of the molecule is COC(=O)c1ccc(NC(=O)C(=O)N/N=C\c2ccccc2OC)cc1. The van der Waals surface area contributed by atoms with Crippen molar-refractivity contribution in [2.75, 3.05) is 19.5 Å². The molecule has 0 aliphatic carbocycles. The number of ether oxygens (including phenoxy) is 2. The minimum atomic E-state index is -0.937. The first-order valence-corrected chi connectivity index (χ1v) is 7.51. The molecule has 0 unspecified atom stereocenters. The minimum Gasteiger partial charge on any atom is -0.496 e. The summed E-state index contributed by atoms with van der Waals surface area (Å²) in [6.45, 7) is 0. The number of carbonyl (C=O) groups excluding carboxylic acids is 3. The largest absolute Gasteiger partial charge is 0.496 e. The molecule has 0 bridgehead atoms. The van der Waals surface area contributed by atoms with Gasteiger partial charge in [0.2, 0.25) is 0 Å². The van der Waals surface area contributed by atoms with E-state index in [0.717, 1.165) is 0 Å². The smallest absolute Gasteiger partial charge is 0.337 e. The lowest BCUT2D eigenvalue weighted by molar-refractivity contribution is -0.136. The summed E-state index contributed by atoms with van der Waals surface area (Å²) in [7, 11) is 2.79. The number of nitrogens with zero attached hydrogens (tertiary/aromatic N) is 1. The van der Waals surface area contributed by atoms with Crippen LogP contribution in [-0.2, 0) is 14.3 Å². The minimum absolute atomic E-state index is 0.330. The van der Waals surface area contributed by atoms with Crippen molar-refractivity contribution in [3.63, 3.8) is 0 Å². The van der Waals surface area contributed by atoms with Gasteiger partial charge in [0.25, 0.3) is 0 Å². The number of methoxy groups -OCH3 is 2. The number of esters is 1. The molecule has 0 spiro atoms. The predicted molar refractivity (Wildman–Crippen MR) is 95.1 cm³/mol. The van der Waals surface area contributed by atoms with E-state index in [4.69, 9.17) is 4.74 Å². The number of rotatable bonds is 5. The van der Waals surface area contributed by atoms with Crippen molar-refractivity contribution < 1.29 is 23.9 Å². The van der Waals surface area contributed by atoms with Crippen molar-refractivity contribution >= 4 is 29.7 Å². The number of amides is 2. The Hall–Kier alpha value is -3.68. The average molecular weight is 355 g/mol. The Morgan fingerprint density at radius 1 is 0.962 bits per heavy atom. The standard InChI is InChI=1S/C18H17N3O5/c1-25-15-6-4-3-5-13(15)11-19-21-17(23)16(22)20-14-9-7-12(8-10-14)18(24)26-2/h3-11H,1-2H3,(H,20,22)(H,21,23)/b19-11-. The van der Waals surface area contributed by atoms with Crippen molar-refractivity contribution in [3.05, 3.63) is 59.7 Å². The topological polar surface area (TPSA) is 106 Å². The number of hydrogen-bond acceptors (Lipinski definition) is 6. The van der Waals surface area contributed by atoms with Gasteiger partial charge in [0, 0.05) is 11.3 Å². The summed E-state index contributed by atoms with van der Waals surface area (Å²) in [5.41, 5.74) is 3.46. The van der Waals surface area contributed by atoms with Gasteiger partial charge in [-0.05, 0) is 36.4 Å².